The molecule has 1 saturated carbocycles. The Morgan fingerprint density at radius 1 is 1.05 bits per heavy atom. The largest absolute Gasteiger partial charge is 0.444 e. The lowest BCUT2D eigenvalue weighted by atomic mass is 9.95. The molecule has 0 radical (unpaired) electrons. The number of hydrogen-bond acceptors (Lipinski definition) is 4. The fourth-order valence-electron chi connectivity index (χ4n) is 5.08. The number of unbranched alkanes of at least 4 members (excludes halogenated alkanes) is 2. The Balaban J connectivity index is 2.02. The summed E-state index contributed by atoms with van der Waals surface area (Å²) in [5, 5.41) is 5.95. The zero-order valence-electron chi connectivity index (χ0n) is 25.3. The van der Waals surface area contributed by atoms with Crippen molar-refractivity contribution in [2.45, 2.75) is 104 Å². The van der Waals surface area contributed by atoms with Gasteiger partial charge in [0, 0.05) is 19.0 Å². The van der Waals surface area contributed by atoms with E-state index < -0.39 is 23.8 Å². The molecule has 0 heterocycles. The van der Waals surface area contributed by atoms with Gasteiger partial charge in [-0.25, -0.2) is 4.79 Å². The first-order valence-electron chi connectivity index (χ1n) is 14.6. The molecule has 2 aromatic rings. The molecule has 1 aliphatic carbocycles. The van der Waals surface area contributed by atoms with E-state index in [9.17, 15) is 14.4 Å². The van der Waals surface area contributed by atoms with Gasteiger partial charge in [-0.2, -0.15) is 0 Å². The van der Waals surface area contributed by atoms with Crippen molar-refractivity contribution in [1.82, 2.24) is 15.5 Å². The van der Waals surface area contributed by atoms with Crippen LogP contribution in [0.1, 0.15) is 88.6 Å². The number of benzene rings is 2. The highest BCUT2D eigenvalue weighted by Crippen LogP contribution is 2.41. The molecule has 0 aromatic heterocycles. The van der Waals surface area contributed by atoms with Crippen LogP contribution >= 0.6 is 0 Å². The molecule has 0 spiro atoms. The first-order valence-corrected chi connectivity index (χ1v) is 14.6. The molecule has 1 aliphatic rings. The Kier molecular flexibility index (Phi) is 10.8. The van der Waals surface area contributed by atoms with Crippen LogP contribution in [0.2, 0.25) is 0 Å². The van der Waals surface area contributed by atoms with Crippen molar-refractivity contribution in [2.75, 3.05) is 6.54 Å². The van der Waals surface area contributed by atoms with Crippen molar-refractivity contribution in [3.63, 3.8) is 0 Å². The molecule has 0 aliphatic heterocycles. The summed E-state index contributed by atoms with van der Waals surface area (Å²) in [5.41, 5.74) is 3.05. The molecule has 0 bridgehead atoms. The van der Waals surface area contributed by atoms with Gasteiger partial charge in [0.05, 0.1) is 0 Å². The number of alkyl carbamates (subject to hydrolysis) is 1. The van der Waals surface area contributed by atoms with Crippen LogP contribution < -0.4 is 10.6 Å². The lowest BCUT2D eigenvalue weighted by Gasteiger charge is -2.36. The molecule has 2 aromatic carbocycles. The third-order valence-corrected chi connectivity index (χ3v) is 7.28. The van der Waals surface area contributed by atoms with E-state index in [-0.39, 0.29) is 30.2 Å². The van der Waals surface area contributed by atoms with Gasteiger partial charge < -0.3 is 20.3 Å². The molecule has 4 atom stereocenters. The van der Waals surface area contributed by atoms with Crippen LogP contribution in [-0.4, -0.2) is 47.0 Å². The maximum Gasteiger partial charge on any atom is 0.408 e. The average molecular weight is 550 g/mol. The van der Waals surface area contributed by atoms with E-state index in [4.69, 9.17) is 4.74 Å². The van der Waals surface area contributed by atoms with E-state index in [2.05, 4.69) is 24.5 Å². The molecule has 4 unspecified atom stereocenters. The molecule has 3 amide bonds. The van der Waals surface area contributed by atoms with Gasteiger partial charge in [-0.15, -0.1) is 0 Å². The third-order valence-electron chi connectivity index (χ3n) is 7.28. The Labute approximate surface area is 240 Å². The van der Waals surface area contributed by atoms with Gasteiger partial charge >= 0.3 is 6.09 Å². The van der Waals surface area contributed by atoms with Crippen molar-refractivity contribution in [1.29, 1.82) is 0 Å². The summed E-state index contributed by atoms with van der Waals surface area (Å²) < 4.78 is 5.53. The van der Waals surface area contributed by atoms with E-state index in [0.29, 0.717) is 6.54 Å². The molecular weight excluding hydrogens is 502 g/mol. The molecule has 7 heteroatoms. The molecular formula is C33H47N3O4. The van der Waals surface area contributed by atoms with Crippen molar-refractivity contribution in [3.05, 3.63) is 70.8 Å². The molecule has 0 saturated heterocycles. The number of amides is 3. The fraction of sp³-hybridized carbons (Fsp3) is 0.545. The zero-order chi connectivity index (χ0) is 29.4. The Morgan fingerprint density at radius 2 is 1.73 bits per heavy atom. The van der Waals surface area contributed by atoms with E-state index in [0.717, 1.165) is 47.9 Å². The van der Waals surface area contributed by atoms with Crippen LogP contribution in [0.3, 0.4) is 0 Å². The van der Waals surface area contributed by atoms with E-state index >= 15 is 0 Å². The Hall–Kier alpha value is -3.35. The minimum absolute atomic E-state index is 0.0988. The SMILES string of the molecule is CCCCCNC(=O)C(c1ccc(C)cc1C)N(C(=O)C(Cc1ccccc1)NC(=O)OC(C)(C)C)C1CC1C. The van der Waals surface area contributed by atoms with Gasteiger partial charge in [0.2, 0.25) is 11.8 Å². The monoisotopic (exact) mass is 549 g/mol. The Bertz CT molecular complexity index is 1160. The minimum Gasteiger partial charge on any atom is -0.444 e. The van der Waals surface area contributed by atoms with E-state index in [1.807, 2.05) is 62.4 Å². The molecule has 40 heavy (non-hydrogen) atoms. The van der Waals surface area contributed by atoms with Gasteiger partial charge in [0.1, 0.15) is 17.7 Å². The van der Waals surface area contributed by atoms with Crippen molar-refractivity contribution in [2.24, 2.45) is 5.92 Å². The predicted octanol–water partition coefficient (Wildman–Crippen LogP) is 6.02. The smallest absolute Gasteiger partial charge is 0.408 e. The van der Waals surface area contributed by atoms with Gasteiger partial charge in [-0.3, -0.25) is 9.59 Å². The summed E-state index contributed by atoms with van der Waals surface area (Å²) in [4.78, 5) is 43.1. The Morgan fingerprint density at radius 3 is 2.30 bits per heavy atom. The van der Waals surface area contributed by atoms with Gasteiger partial charge in [-0.05, 0) is 70.1 Å². The second-order valence-corrected chi connectivity index (χ2v) is 12.2. The number of hydrogen-bond donors (Lipinski definition) is 2. The number of carbonyl (C=O) groups is 3. The van der Waals surface area contributed by atoms with Crippen molar-refractivity contribution < 1.29 is 19.1 Å². The lowest BCUT2D eigenvalue weighted by Crippen LogP contribution is -2.55. The minimum atomic E-state index is -0.897. The van der Waals surface area contributed by atoms with Crippen molar-refractivity contribution >= 4 is 17.9 Å². The normalized spacial score (nSPS) is 17.9. The van der Waals surface area contributed by atoms with Crippen LogP contribution in [-0.2, 0) is 20.7 Å². The van der Waals surface area contributed by atoms with Gasteiger partial charge in [-0.1, -0.05) is 80.8 Å². The van der Waals surface area contributed by atoms with E-state index in [1.165, 1.54) is 0 Å². The maximum absolute atomic E-state index is 14.5. The van der Waals surface area contributed by atoms with Crippen molar-refractivity contribution in [3.8, 4) is 0 Å². The fourth-order valence-corrected chi connectivity index (χ4v) is 5.08. The molecule has 2 N–H and O–H groups in total. The summed E-state index contributed by atoms with van der Waals surface area (Å²) in [6.45, 7) is 14.1. The van der Waals surface area contributed by atoms with Gasteiger partial charge in [0.15, 0.2) is 0 Å². The predicted molar refractivity (Wildman–Crippen MR) is 159 cm³/mol. The summed E-state index contributed by atoms with van der Waals surface area (Å²) in [6, 6.07) is 13.8. The molecule has 7 nitrogen and oxygen atoms in total. The van der Waals surface area contributed by atoms with E-state index in [1.54, 1.807) is 25.7 Å². The maximum atomic E-state index is 14.5. The summed E-state index contributed by atoms with van der Waals surface area (Å²) in [6.07, 6.45) is 3.40. The molecule has 1 fully saturated rings. The number of carbonyl (C=O) groups excluding carboxylic acids is 3. The summed E-state index contributed by atoms with van der Waals surface area (Å²) in [7, 11) is 0. The van der Waals surface area contributed by atoms with Crippen LogP contribution in [0, 0.1) is 19.8 Å². The standard InChI is InChI=1S/C33H47N3O4/c1-8-9-13-18-34-30(37)29(26-17-16-22(2)19-23(26)3)36(28-20-24(28)4)31(38)27(21-25-14-11-10-12-15-25)35-32(39)40-33(5,6)7/h10-12,14-17,19,24,27-29H,8-9,13,18,20-21H2,1-7H3,(H,34,37)(H,35,39). The van der Waals surface area contributed by atoms with Crippen LogP contribution in [0.4, 0.5) is 4.79 Å². The number of ether oxygens (including phenoxy) is 1. The second kappa shape index (κ2) is 13.8. The number of rotatable bonds is 12. The third kappa shape index (κ3) is 8.83. The molecule has 3 rings (SSSR count). The van der Waals surface area contributed by atoms with Crippen LogP contribution in [0.25, 0.3) is 0 Å². The summed E-state index contributed by atoms with van der Waals surface area (Å²) >= 11 is 0. The topological polar surface area (TPSA) is 87.7 Å². The summed E-state index contributed by atoms with van der Waals surface area (Å²) in [5.74, 6) is -0.215. The zero-order valence-corrected chi connectivity index (χ0v) is 25.3. The van der Waals surface area contributed by atoms with Crippen LogP contribution in [0.5, 0.6) is 0 Å². The quantitative estimate of drug-likeness (QED) is 0.317. The number of aryl methyl sites for hydroxylation is 2. The first-order chi connectivity index (χ1) is 18.9. The first kappa shape index (κ1) is 31.2. The highest BCUT2D eigenvalue weighted by atomic mass is 16.6. The van der Waals surface area contributed by atoms with Crippen LogP contribution in [0.15, 0.2) is 48.5 Å². The number of nitrogens with zero attached hydrogens (tertiary/aromatic N) is 1. The number of nitrogens with one attached hydrogen (secondary N) is 2. The second-order valence-electron chi connectivity index (χ2n) is 12.2. The highest BCUT2D eigenvalue weighted by molar-refractivity contribution is 5.93. The lowest BCUT2D eigenvalue weighted by molar-refractivity contribution is -0.143. The highest BCUT2D eigenvalue weighted by Gasteiger charge is 2.48. The molecule has 218 valence electrons. The van der Waals surface area contributed by atoms with Gasteiger partial charge in [0.25, 0.3) is 0 Å². The average Bonchev–Trinajstić information content (AvgIpc) is 3.60.